The zero-order chi connectivity index (χ0) is 19.0. The third-order valence-corrected chi connectivity index (χ3v) is 5.54. The molecule has 2 aromatic heterocycles. The third kappa shape index (κ3) is 3.49. The predicted octanol–water partition coefficient (Wildman–Crippen LogP) is 2.61. The first-order chi connectivity index (χ1) is 13.0. The summed E-state index contributed by atoms with van der Waals surface area (Å²) in [6.07, 6.45) is 0. The maximum absolute atomic E-state index is 11.3. The fraction of sp³-hybridized carbons (Fsp3) is 0.267. The van der Waals surface area contributed by atoms with Crippen LogP contribution >= 0.6 is 27.7 Å². The maximum atomic E-state index is 11.3. The van der Waals surface area contributed by atoms with Crippen molar-refractivity contribution in [1.29, 1.82) is 0 Å². The first-order valence-corrected chi connectivity index (χ1v) is 9.51. The average Bonchev–Trinajstić information content (AvgIpc) is 3.33. The van der Waals surface area contributed by atoms with Crippen LogP contribution < -0.4 is 14.8 Å². The Balaban J connectivity index is 1.54. The van der Waals surface area contributed by atoms with Gasteiger partial charge in [-0.2, -0.15) is 0 Å². The summed E-state index contributed by atoms with van der Waals surface area (Å²) in [6, 6.07) is 3.83. The quantitative estimate of drug-likeness (QED) is 0.582. The topological polar surface area (TPSA) is 117 Å². The molecule has 27 heavy (non-hydrogen) atoms. The molecule has 0 spiro atoms. The van der Waals surface area contributed by atoms with Gasteiger partial charge in [0.15, 0.2) is 28.2 Å². The standard InChI is InChI=1S/C15H13BrN6O4S/c1-7(23)17-13-12(20-26-21-13)14-18-19-15(22(14)2)27-5-8-3-10-11(4-9(8)16)25-6-24-10/h3-4H,5-6H2,1-2H3,(H,17,21,23). The van der Waals surface area contributed by atoms with Gasteiger partial charge in [0.25, 0.3) is 0 Å². The second-order valence-electron chi connectivity index (χ2n) is 5.59. The van der Waals surface area contributed by atoms with Gasteiger partial charge in [-0.05, 0) is 28.0 Å². The van der Waals surface area contributed by atoms with Crippen molar-refractivity contribution in [3.8, 4) is 23.0 Å². The lowest BCUT2D eigenvalue weighted by atomic mass is 10.2. The van der Waals surface area contributed by atoms with E-state index in [0.29, 0.717) is 22.4 Å². The number of aromatic nitrogens is 5. The summed E-state index contributed by atoms with van der Waals surface area (Å²) in [7, 11) is 1.80. The van der Waals surface area contributed by atoms with Crippen molar-refractivity contribution in [3.63, 3.8) is 0 Å². The number of amides is 1. The number of hydrogen-bond donors (Lipinski definition) is 1. The van der Waals surface area contributed by atoms with Crippen LogP contribution in [0.1, 0.15) is 12.5 Å². The summed E-state index contributed by atoms with van der Waals surface area (Å²) in [5.41, 5.74) is 1.35. The van der Waals surface area contributed by atoms with E-state index in [1.54, 1.807) is 11.6 Å². The largest absolute Gasteiger partial charge is 0.454 e. The Kier molecular flexibility index (Phi) is 4.74. The van der Waals surface area contributed by atoms with E-state index in [2.05, 4.69) is 41.8 Å². The summed E-state index contributed by atoms with van der Waals surface area (Å²) in [4.78, 5) is 11.3. The van der Waals surface area contributed by atoms with E-state index in [9.17, 15) is 4.79 Å². The highest BCUT2D eigenvalue weighted by Gasteiger charge is 2.21. The van der Waals surface area contributed by atoms with Crippen molar-refractivity contribution in [2.24, 2.45) is 7.05 Å². The number of anilines is 1. The van der Waals surface area contributed by atoms with E-state index in [4.69, 9.17) is 14.1 Å². The van der Waals surface area contributed by atoms with Gasteiger partial charge in [-0.1, -0.05) is 27.7 Å². The number of fused-ring (bicyclic) bond motifs is 1. The number of nitrogens with one attached hydrogen (secondary N) is 1. The van der Waals surface area contributed by atoms with E-state index < -0.39 is 0 Å². The van der Waals surface area contributed by atoms with Gasteiger partial charge in [-0.3, -0.25) is 4.79 Å². The Morgan fingerprint density at radius 1 is 1.30 bits per heavy atom. The van der Waals surface area contributed by atoms with E-state index in [0.717, 1.165) is 21.5 Å². The molecule has 0 fully saturated rings. The number of nitrogens with zero attached hydrogens (tertiary/aromatic N) is 5. The second-order valence-corrected chi connectivity index (χ2v) is 7.39. The molecule has 1 aromatic carbocycles. The van der Waals surface area contributed by atoms with E-state index in [-0.39, 0.29) is 18.5 Å². The first-order valence-electron chi connectivity index (χ1n) is 7.73. The minimum absolute atomic E-state index is 0.202. The molecule has 0 radical (unpaired) electrons. The first kappa shape index (κ1) is 17.8. The number of ether oxygens (including phenoxy) is 2. The SMILES string of the molecule is CC(=O)Nc1nonc1-c1nnc(SCc2cc3c(cc2Br)OCO3)n1C. The Labute approximate surface area is 165 Å². The molecule has 0 saturated heterocycles. The molecular formula is C15H13BrN6O4S. The Hall–Kier alpha value is -2.60. The van der Waals surface area contributed by atoms with Crippen LogP contribution in [0.3, 0.4) is 0 Å². The molecule has 4 rings (SSSR count). The minimum Gasteiger partial charge on any atom is -0.454 e. The van der Waals surface area contributed by atoms with Crippen LogP contribution in [0.25, 0.3) is 11.5 Å². The van der Waals surface area contributed by atoms with Crippen LogP contribution in [0, 0.1) is 0 Å². The van der Waals surface area contributed by atoms with Crippen molar-refractivity contribution in [1.82, 2.24) is 25.1 Å². The molecule has 0 aliphatic carbocycles. The molecule has 3 heterocycles. The normalized spacial score (nSPS) is 12.4. The van der Waals surface area contributed by atoms with Gasteiger partial charge >= 0.3 is 0 Å². The smallest absolute Gasteiger partial charge is 0.231 e. The molecule has 10 nitrogen and oxygen atoms in total. The van der Waals surface area contributed by atoms with Gasteiger partial charge in [0.1, 0.15) is 0 Å². The van der Waals surface area contributed by atoms with Crippen LogP contribution in [0.2, 0.25) is 0 Å². The van der Waals surface area contributed by atoms with Gasteiger partial charge in [0, 0.05) is 24.2 Å². The summed E-state index contributed by atoms with van der Waals surface area (Å²) >= 11 is 5.04. The van der Waals surface area contributed by atoms with Crippen LogP contribution in [-0.4, -0.2) is 37.8 Å². The molecule has 0 atom stereocenters. The molecule has 1 aliphatic rings. The maximum Gasteiger partial charge on any atom is 0.231 e. The molecule has 0 saturated carbocycles. The summed E-state index contributed by atoms with van der Waals surface area (Å²) in [5, 5.41) is 19.1. The van der Waals surface area contributed by atoms with E-state index in [1.165, 1.54) is 18.7 Å². The summed E-state index contributed by atoms with van der Waals surface area (Å²) in [5.74, 6) is 2.44. The molecule has 3 aromatic rings. The van der Waals surface area contributed by atoms with Crippen molar-refractivity contribution in [2.75, 3.05) is 12.1 Å². The van der Waals surface area contributed by atoms with Crippen molar-refractivity contribution in [3.05, 3.63) is 22.2 Å². The van der Waals surface area contributed by atoms with Gasteiger partial charge in [-0.25, -0.2) is 4.63 Å². The highest BCUT2D eigenvalue weighted by Crippen LogP contribution is 2.39. The Morgan fingerprint density at radius 3 is 2.85 bits per heavy atom. The average molecular weight is 453 g/mol. The van der Waals surface area contributed by atoms with Crippen LogP contribution in [0.5, 0.6) is 11.5 Å². The van der Waals surface area contributed by atoms with Crippen LogP contribution in [-0.2, 0) is 17.6 Å². The van der Waals surface area contributed by atoms with Crippen molar-refractivity contribution in [2.45, 2.75) is 17.8 Å². The second kappa shape index (κ2) is 7.19. The number of carbonyl (C=O) groups is 1. The molecular weight excluding hydrogens is 440 g/mol. The molecule has 1 aliphatic heterocycles. The Bertz CT molecular complexity index is 1020. The zero-order valence-electron chi connectivity index (χ0n) is 14.2. The number of halogens is 1. The third-order valence-electron chi connectivity index (χ3n) is 3.73. The minimum atomic E-state index is -0.281. The number of rotatable bonds is 5. The van der Waals surface area contributed by atoms with Crippen molar-refractivity contribution < 1.29 is 18.9 Å². The summed E-state index contributed by atoms with van der Waals surface area (Å²) in [6.45, 7) is 1.60. The number of carbonyl (C=O) groups excluding carboxylic acids is 1. The Morgan fingerprint density at radius 2 is 2.07 bits per heavy atom. The molecule has 140 valence electrons. The van der Waals surface area contributed by atoms with Gasteiger partial charge in [0.05, 0.1) is 0 Å². The predicted molar refractivity (Wildman–Crippen MR) is 98.4 cm³/mol. The van der Waals surface area contributed by atoms with Crippen LogP contribution in [0.15, 0.2) is 26.4 Å². The monoisotopic (exact) mass is 452 g/mol. The number of hydrogen-bond acceptors (Lipinski definition) is 9. The lowest BCUT2D eigenvalue weighted by Gasteiger charge is -2.06. The highest BCUT2D eigenvalue weighted by molar-refractivity contribution is 9.10. The lowest BCUT2D eigenvalue weighted by Crippen LogP contribution is -2.08. The summed E-state index contributed by atoms with van der Waals surface area (Å²) < 4.78 is 18.2. The molecule has 0 unspecified atom stereocenters. The van der Waals surface area contributed by atoms with Crippen LogP contribution in [0.4, 0.5) is 5.82 Å². The van der Waals surface area contributed by atoms with Gasteiger partial charge in [0.2, 0.25) is 18.5 Å². The van der Waals surface area contributed by atoms with Gasteiger partial charge in [-0.15, -0.1) is 10.2 Å². The molecule has 12 heteroatoms. The highest BCUT2D eigenvalue weighted by atomic mass is 79.9. The fourth-order valence-corrected chi connectivity index (χ4v) is 3.99. The zero-order valence-corrected chi connectivity index (χ0v) is 16.6. The van der Waals surface area contributed by atoms with Crippen molar-refractivity contribution >= 4 is 39.4 Å². The van der Waals surface area contributed by atoms with Gasteiger partial charge < -0.3 is 19.4 Å². The lowest BCUT2D eigenvalue weighted by molar-refractivity contribution is -0.114. The molecule has 0 bridgehead atoms. The number of benzene rings is 1. The molecule has 1 N–H and O–H groups in total. The molecule has 1 amide bonds. The van der Waals surface area contributed by atoms with E-state index in [1.807, 2.05) is 12.1 Å². The van der Waals surface area contributed by atoms with E-state index >= 15 is 0 Å². The fourth-order valence-electron chi connectivity index (χ4n) is 2.44. The number of thioether (sulfide) groups is 1.